The van der Waals surface area contributed by atoms with E-state index in [0.717, 1.165) is 33.6 Å². The molecule has 1 N–H and O–H groups in total. The van der Waals surface area contributed by atoms with E-state index in [0.29, 0.717) is 5.57 Å². The van der Waals surface area contributed by atoms with Gasteiger partial charge in [0, 0.05) is 5.57 Å². The Morgan fingerprint density at radius 2 is 1.73 bits per heavy atom. The second-order valence-corrected chi connectivity index (χ2v) is 5.38. The highest BCUT2D eigenvalue weighted by atomic mass is 16.5. The van der Waals surface area contributed by atoms with Crippen LogP contribution in [0, 0.1) is 13.8 Å². The van der Waals surface area contributed by atoms with Gasteiger partial charge in [0.15, 0.2) is 0 Å². The Kier molecular flexibility index (Phi) is 4.66. The van der Waals surface area contributed by atoms with Crippen LogP contribution < -0.4 is 4.74 Å². The van der Waals surface area contributed by atoms with Gasteiger partial charge in [-0.25, -0.2) is 4.79 Å². The number of rotatable bonds is 4. The van der Waals surface area contributed by atoms with Gasteiger partial charge < -0.3 is 9.84 Å². The molecule has 0 amide bonds. The molecule has 0 aliphatic carbocycles. The molecule has 0 aliphatic rings. The maximum atomic E-state index is 11.0. The summed E-state index contributed by atoms with van der Waals surface area (Å²) >= 11 is 0. The molecule has 0 aromatic heterocycles. The third kappa shape index (κ3) is 3.37. The number of methoxy groups -OCH3 is 1. The normalized spacial score (nSPS) is 11.4. The standard InChI is InChI=1S/C19H20O3/c1-12-11-18(15-5-7-17(22-4)8-6-15)13(2)9-16(12)10-14(3)19(20)21/h5-11H,1-4H3,(H,20,21)/b14-10+. The molecule has 2 aromatic rings. The highest BCUT2D eigenvalue weighted by Gasteiger charge is 2.08. The zero-order chi connectivity index (χ0) is 16.3. The van der Waals surface area contributed by atoms with Gasteiger partial charge in [-0.3, -0.25) is 0 Å². The fourth-order valence-corrected chi connectivity index (χ4v) is 2.37. The van der Waals surface area contributed by atoms with Gasteiger partial charge in [0.05, 0.1) is 7.11 Å². The Bertz CT molecular complexity index is 725. The van der Waals surface area contributed by atoms with Crippen molar-refractivity contribution in [2.75, 3.05) is 7.11 Å². The SMILES string of the molecule is COc1ccc(-c2cc(C)c(/C=C(\C)C(=O)O)cc2C)cc1. The van der Waals surface area contributed by atoms with E-state index >= 15 is 0 Å². The predicted molar refractivity (Wildman–Crippen MR) is 89.2 cm³/mol. The van der Waals surface area contributed by atoms with Crippen molar-refractivity contribution < 1.29 is 14.6 Å². The van der Waals surface area contributed by atoms with Crippen LogP contribution in [0.3, 0.4) is 0 Å². The lowest BCUT2D eigenvalue weighted by molar-refractivity contribution is -0.132. The van der Waals surface area contributed by atoms with Crippen LogP contribution in [-0.2, 0) is 4.79 Å². The van der Waals surface area contributed by atoms with Crippen LogP contribution in [0.5, 0.6) is 5.75 Å². The molecule has 2 aromatic carbocycles. The quantitative estimate of drug-likeness (QED) is 0.847. The number of benzene rings is 2. The molecule has 0 heterocycles. The lowest BCUT2D eigenvalue weighted by Gasteiger charge is -2.11. The molecule has 0 atom stereocenters. The number of hydrogen-bond acceptors (Lipinski definition) is 2. The largest absolute Gasteiger partial charge is 0.497 e. The number of carboxylic acid groups (broad SMARTS) is 1. The molecule has 0 saturated carbocycles. The minimum absolute atomic E-state index is 0.333. The summed E-state index contributed by atoms with van der Waals surface area (Å²) < 4.78 is 5.18. The summed E-state index contributed by atoms with van der Waals surface area (Å²) in [4.78, 5) is 11.0. The molecule has 114 valence electrons. The molecule has 3 nitrogen and oxygen atoms in total. The molecule has 3 heteroatoms. The monoisotopic (exact) mass is 296 g/mol. The number of hydrogen-bond donors (Lipinski definition) is 1. The zero-order valence-electron chi connectivity index (χ0n) is 13.3. The molecule has 0 saturated heterocycles. The van der Waals surface area contributed by atoms with Gasteiger partial charge in [0.2, 0.25) is 0 Å². The minimum atomic E-state index is -0.892. The molecule has 0 unspecified atom stereocenters. The number of aliphatic carboxylic acids is 1. The maximum Gasteiger partial charge on any atom is 0.331 e. The van der Waals surface area contributed by atoms with Crippen LogP contribution in [-0.4, -0.2) is 18.2 Å². The first-order valence-corrected chi connectivity index (χ1v) is 7.09. The van der Waals surface area contributed by atoms with Gasteiger partial charge in [-0.15, -0.1) is 0 Å². The Balaban J connectivity index is 2.45. The molecule has 2 rings (SSSR count). The van der Waals surface area contributed by atoms with Crippen LogP contribution in [0.25, 0.3) is 17.2 Å². The second-order valence-electron chi connectivity index (χ2n) is 5.38. The van der Waals surface area contributed by atoms with Crippen LogP contribution in [0.1, 0.15) is 23.6 Å². The number of ether oxygens (including phenoxy) is 1. The molecule has 0 aliphatic heterocycles. The molecule has 0 radical (unpaired) electrons. The molecule has 0 bridgehead atoms. The van der Waals surface area contributed by atoms with Crippen molar-refractivity contribution in [3.63, 3.8) is 0 Å². The van der Waals surface area contributed by atoms with E-state index in [1.807, 2.05) is 44.2 Å². The lowest BCUT2D eigenvalue weighted by Crippen LogP contribution is -1.97. The molecule has 22 heavy (non-hydrogen) atoms. The Labute approximate surface area is 130 Å². The summed E-state index contributed by atoms with van der Waals surface area (Å²) in [5.74, 6) is -0.0638. The van der Waals surface area contributed by atoms with Crippen LogP contribution in [0.2, 0.25) is 0 Å². The van der Waals surface area contributed by atoms with Crippen LogP contribution >= 0.6 is 0 Å². The van der Waals surface area contributed by atoms with Crippen molar-refractivity contribution in [1.82, 2.24) is 0 Å². The van der Waals surface area contributed by atoms with Crippen molar-refractivity contribution in [2.24, 2.45) is 0 Å². The average Bonchev–Trinajstić information content (AvgIpc) is 2.50. The fourth-order valence-electron chi connectivity index (χ4n) is 2.37. The number of aryl methyl sites for hydroxylation is 2. The average molecular weight is 296 g/mol. The van der Waals surface area contributed by atoms with Gasteiger partial charge in [0.1, 0.15) is 5.75 Å². The Morgan fingerprint density at radius 3 is 2.27 bits per heavy atom. The van der Waals surface area contributed by atoms with E-state index in [1.54, 1.807) is 20.1 Å². The number of carbonyl (C=O) groups is 1. The summed E-state index contributed by atoms with van der Waals surface area (Å²) in [6, 6.07) is 12.1. The highest BCUT2D eigenvalue weighted by Crippen LogP contribution is 2.29. The highest BCUT2D eigenvalue weighted by molar-refractivity contribution is 5.92. The summed E-state index contributed by atoms with van der Waals surface area (Å²) in [6.07, 6.45) is 1.71. The van der Waals surface area contributed by atoms with Crippen LogP contribution in [0.4, 0.5) is 0 Å². The summed E-state index contributed by atoms with van der Waals surface area (Å²) in [7, 11) is 1.65. The second kappa shape index (κ2) is 6.48. The maximum absolute atomic E-state index is 11.0. The zero-order valence-corrected chi connectivity index (χ0v) is 13.3. The summed E-state index contributed by atoms with van der Waals surface area (Å²) in [5.41, 5.74) is 5.70. The summed E-state index contributed by atoms with van der Waals surface area (Å²) in [6.45, 7) is 5.63. The smallest absolute Gasteiger partial charge is 0.331 e. The molecule has 0 spiro atoms. The Hall–Kier alpha value is -2.55. The van der Waals surface area contributed by atoms with E-state index in [-0.39, 0.29) is 0 Å². The van der Waals surface area contributed by atoms with Crippen molar-refractivity contribution in [3.8, 4) is 16.9 Å². The van der Waals surface area contributed by atoms with Crippen molar-refractivity contribution in [1.29, 1.82) is 0 Å². The first kappa shape index (κ1) is 15.8. The van der Waals surface area contributed by atoms with Gasteiger partial charge in [-0.1, -0.05) is 24.3 Å². The topological polar surface area (TPSA) is 46.5 Å². The van der Waals surface area contributed by atoms with Gasteiger partial charge in [0.25, 0.3) is 0 Å². The molecular formula is C19H20O3. The van der Waals surface area contributed by atoms with E-state index in [9.17, 15) is 4.79 Å². The minimum Gasteiger partial charge on any atom is -0.497 e. The first-order chi connectivity index (χ1) is 10.4. The van der Waals surface area contributed by atoms with E-state index < -0.39 is 5.97 Å². The first-order valence-electron chi connectivity index (χ1n) is 7.09. The molecular weight excluding hydrogens is 276 g/mol. The van der Waals surface area contributed by atoms with Gasteiger partial charge >= 0.3 is 5.97 Å². The van der Waals surface area contributed by atoms with Gasteiger partial charge in [-0.2, -0.15) is 0 Å². The molecule has 0 fully saturated rings. The summed E-state index contributed by atoms with van der Waals surface area (Å²) in [5, 5.41) is 9.01. The van der Waals surface area contributed by atoms with Crippen LogP contribution in [0.15, 0.2) is 42.0 Å². The lowest BCUT2D eigenvalue weighted by atomic mass is 9.94. The predicted octanol–water partition coefficient (Wildman–Crippen LogP) is 4.47. The fraction of sp³-hybridized carbons (Fsp3) is 0.211. The van der Waals surface area contributed by atoms with Crippen molar-refractivity contribution in [2.45, 2.75) is 20.8 Å². The van der Waals surface area contributed by atoms with Crippen molar-refractivity contribution >= 4 is 12.0 Å². The third-order valence-electron chi connectivity index (χ3n) is 3.72. The number of carboxylic acids is 1. The van der Waals surface area contributed by atoms with E-state index in [1.165, 1.54) is 0 Å². The Morgan fingerprint density at radius 1 is 1.09 bits per heavy atom. The third-order valence-corrected chi connectivity index (χ3v) is 3.72. The van der Waals surface area contributed by atoms with Gasteiger partial charge in [-0.05, 0) is 66.8 Å². The van der Waals surface area contributed by atoms with E-state index in [4.69, 9.17) is 9.84 Å². The van der Waals surface area contributed by atoms with Crippen molar-refractivity contribution in [3.05, 3.63) is 58.7 Å². The van der Waals surface area contributed by atoms with E-state index in [2.05, 4.69) is 6.07 Å².